The van der Waals surface area contributed by atoms with Gasteiger partial charge in [0.2, 0.25) is 5.91 Å². The lowest BCUT2D eigenvalue weighted by Gasteiger charge is -2.11. The van der Waals surface area contributed by atoms with Gasteiger partial charge in [0.05, 0.1) is 6.61 Å². The quantitative estimate of drug-likeness (QED) is 0.352. The summed E-state index contributed by atoms with van der Waals surface area (Å²) in [6.07, 6.45) is 1.05. The molecule has 3 N–H and O–H groups in total. The van der Waals surface area contributed by atoms with Crippen molar-refractivity contribution in [2.24, 2.45) is 5.84 Å². The summed E-state index contributed by atoms with van der Waals surface area (Å²) in [4.78, 5) is 10.9. The highest BCUT2D eigenvalue weighted by atomic mass is 16.5. The number of nitrogens with one attached hydrogen (secondary N) is 1. The Balaban J connectivity index is 2.49. The van der Waals surface area contributed by atoms with Crippen LogP contribution in [-0.4, -0.2) is 12.5 Å². The molecule has 100 valence electrons. The molecule has 1 aromatic carbocycles. The molecule has 4 heteroatoms. The first kappa shape index (κ1) is 14.5. The van der Waals surface area contributed by atoms with Gasteiger partial charge < -0.3 is 4.74 Å². The lowest BCUT2D eigenvalue weighted by molar-refractivity contribution is -0.121. The number of benzene rings is 1. The molecular formula is C14H22N2O2. The van der Waals surface area contributed by atoms with Gasteiger partial charge in [-0.25, -0.2) is 5.84 Å². The lowest BCUT2D eigenvalue weighted by atomic mass is 10.0. The van der Waals surface area contributed by atoms with Crippen molar-refractivity contribution in [2.75, 3.05) is 6.61 Å². The molecule has 1 rings (SSSR count). The van der Waals surface area contributed by atoms with Gasteiger partial charge in [0, 0.05) is 6.42 Å². The van der Waals surface area contributed by atoms with Crippen LogP contribution in [0, 0.1) is 6.92 Å². The molecule has 0 fully saturated rings. The number of rotatable bonds is 6. The fourth-order valence-electron chi connectivity index (χ4n) is 1.69. The Bertz CT molecular complexity index is 403. The van der Waals surface area contributed by atoms with Crippen LogP contribution in [0.4, 0.5) is 0 Å². The second kappa shape index (κ2) is 7.01. The van der Waals surface area contributed by atoms with E-state index in [0.717, 1.165) is 5.75 Å². The molecule has 0 saturated carbocycles. The minimum absolute atomic E-state index is 0.161. The fraction of sp³-hybridized carbons (Fsp3) is 0.500. The average molecular weight is 250 g/mol. The van der Waals surface area contributed by atoms with Crippen molar-refractivity contribution in [3.8, 4) is 5.75 Å². The molecule has 0 spiro atoms. The Hall–Kier alpha value is -1.55. The minimum atomic E-state index is -0.161. The predicted molar refractivity (Wildman–Crippen MR) is 72.3 cm³/mol. The molecule has 0 saturated heterocycles. The van der Waals surface area contributed by atoms with Gasteiger partial charge in [-0.05, 0) is 42.5 Å². The van der Waals surface area contributed by atoms with Gasteiger partial charge in [0.1, 0.15) is 5.75 Å². The number of nitrogens with two attached hydrogens (primary N) is 1. The fourth-order valence-corrected chi connectivity index (χ4v) is 1.69. The number of ether oxygens (including phenoxy) is 1. The Morgan fingerprint density at radius 1 is 1.39 bits per heavy atom. The van der Waals surface area contributed by atoms with Crippen molar-refractivity contribution in [1.82, 2.24) is 5.43 Å². The van der Waals surface area contributed by atoms with Crippen LogP contribution in [0.25, 0.3) is 0 Å². The maximum atomic E-state index is 10.9. The third-order valence-electron chi connectivity index (χ3n) is 2.72. The van der Waals surface area contributed by atoms with Crippen LogP contribution < -0.4 is 16.0 Å². The van der Waals surface area contributed by atoms with Gasteiger partial charge in [0.25, 0.3) is 0 Å². The highest BCUT2D eigenvalue weighted by Gasteiger charge is 2.04. The smallest absolute Gasteiger partial charge is 0.234 e. The Kier molecular flexibility index (Phi) is 5.65. The highest BCUT2D eigenvalue weighted by Crippen LogP contribution is 2.22. The zero-order chi connectivity index (χ0) is 13.5. The van der Waals surface area contributed by atoms with E-state index in [1.807, 2.05) is 6.07 Å². The molecular weight excluding hydrogens is 228 g/mol. The molecule has 1 aromatic rings. The number of hydrogen-bond acceptors (Lipinski definition) is 3. The van der Waals surface area contributed by atoms with Gasteiger partial charge in [-0.3, -0.25) is 10.2 Å². The third kappa shape index (κ3) is 4.75. The monoisotopic (exact) mass is 250 g/mol. The van der Waals surface area contributed by atoms with Gasteiger partial charge in [-0.1, -0.05) is 19.9 Å². The third-order valence-corrected chi connectivity index (χ3v) is 2.72. The maximum Gasteiger partial charge on any atom is 0.234 e. The Morgan fingerprint density at radius 2 is 2.11 bits per heavy atom. The lowest BCUT2D eigenvalue weighted by Crippen LogP contribution is -2.29. The second-order valence-corrected chi connectivity index (χ2v) is 4.75. The molecule has 0 unspecified atom stereocenters. The summed E-state index contributed by atoms with van der Waals surface area (Å²) in [5.41, 5.74) is 4.56. The largest absolute Gasteiger partial charge is 0.494 e. The van der Waals surface area contributed by atoms with Crippen molar-refractivity contribution >= 4 is 5.91 Å². The van der Waals surface area contributed by atoms with Crippen LogP contribution in [0.15, 0.2) is 18.2 Å². The maximum absolute atomic E-state index is 10.9. The topological polar surface area (TPSA) is 64.3 Å². The normalized spacial score (nSPS) is 10.5. The minimum Gasteiger partial charge on any atom is -0.494 e. The van der Waals surface area contributed by atoms with Gasteiger partial charge in [-0.2, -0.15) is 0 Å². The van der Waals surface area contributed by atoms with Crippen LogP contribution in [-0.2, 0) is 4.79 Å². The highest BCUT2D eigenvalue weighted by molar-refractivity contribution is 5.75. The zero-order valence-corrected chi connectivity index (χ0v) is 11.3. The number of aryl methyl sites for hydroxylation is 1. The van der Waals surface area contributed by atoms with E-state index in [9.17, 15) is 4.79 Å². The molecule has 4 nitrogen and oxygen atoms in total. The average Bonchev–Trinajstić information content (AvgIpc) is 2.33. The summed E-state index contributed by atoms with van der Waals surface area (Å²) in [6.45, 7) is 6.89. The number of hydrazine groups is 1. The molecule has 0 aromatic heterocycles. The number of carbonyl (C=O) groups is 1. The molecule has 0 radical (unpaired) electrons. The molecule has 18 heavy (non-hydrogen) atoms. The van der Waals surface area contributed by atoms with Crippen molar-refractivity contribution in [3.05, 3.63) is 29.3 Å². The van der Waals surface area contributed by atoms with E-state index in [1.54, 1.807) is 0 Å². The molecule has 0 heterocycles. The van der Waals surface area contributed by atoms with Gasteiger partial charge >= 0.3 is 0 Å². The predicted octanol–water partition coefficient (Wildman–Crippen LogP) is 2.27. The summed E-state index contributed by atoms with van der Waals surface area (Å²) in [7, 11) is 0. The Labute approximate surface area is 108 Å². The van der Waals surface area contributed by atoms with E-state index < -0.39 is 0 Å². The molecule has 0 aliphatic heterocycles. The van der Waals surface area contributed by atoms with E-state index >= 15 is 0 Å². The zero-order valence-electron chi connectivity index (χ0n) is 11.3. The van der Waals surface area contributed by atoms with Crippen LogP contribution in [0.1, 0.15) is 43.7 Å². The first-order valence-electron chi connectivity index (χ1n) is 6.26. The van der Waals surface area contributed by atoms with Crippen LogP contribution in [0.5, 0.6) is 5.75 Å². The first-order valence-corrected chi connectivity index (χ1v) is 6.26. The van der Waals surface area contributed by atoms with Gasteiger partial charge in [-0.15, -0.1) is 0 Å². The first-order chi connectivity index (χ1) is 8.52. The van der Waals surface area contributed by atoms with Crippen molar-refractivity contribution in [2.45, 2.75) is 39.5 Å². The van der Waals surface area contributed by atoms with Crippen molar-refractivity contribution in [3.63, 3.8) is 0 Å². The molecule has 0 atom stereocenters. The molecule has 0 bridgehead atoms. The van der Waals surface area contributed by atoms with E-state index in [1.165, 1.54) is 11.1 Å². The summed E-state index contributed by atoms with van der Waals surface area (Å²) in [5.74, 6) is 6.19. The summed E-state index contributed by atoms with van der Waals surface area (Å²) < 4.78 is 5.65. The van der Waals surface area contributed by atoms with Crippen LogP contribution in [0.2, 0.25) is 0 Å². The van der Waals surface area contributed by atoms with E-state index in [0.29, 0.717) is 25.4 Å². The van der Waals surface area contributed by atoms with Crippen LogP contribution in [0.3, 0.4) is 0 Å². The Morgan fingerprint density at radius 3 is 2.72 bits per heavy atom. The van der Waals surface area contributed by atoms with E-state index in [-0.39, 0.29) is 5.91 Å². The number of amides is 1. The standard InChI is InChI=1S/C14H22N2O2/c1-10(2)12-7-11(3)8-13(9-12)18-6-4-5-14(17)16-15/h7-10H,4-6,15H2,1-3H3,(H,16,17). The summed E-state index contributed by atoms with van der Waals surface area (Å²) >= 11 is 0. The van der Waals surface area contributed by atoms with Crippen molar-refractivity contribution < 1.29 is 9.53 Å². The number of hydrogen-bond donors (Lipinski definition) is 2. The van der Waals surface area contributed by atoms with Crippen molar-refractivity contribution in [1.29, 1.82) is 0 Å². The van der Waals surface area contributed by atoms with E-state index in [4.69, 9.17) is 10.6 Å². The summed E-state index contributed by atoms with van der Waals surface area (Å²) in [6, 6.07) is 6.23. The SMILES string of the molecule is Cc1cc(OCCCC(=O)NN)cc(C(C)C)c1. The van der Waals surface area contributed by atoms with Crippen LogP contribution >= 0.6 is 0 Å². The molecule has 0 aliphatic carbocycles. The molecule has 0 aliphatic rings. The van der Waals surface area contributed by atoms with E-state index in [2.05, 4.69) is 38.3 Å². The second-order valence-electron chi connectivity index (χ2n) is 4.75. The number of carbonyl (C=O) groups excluding carboxylic acids is 1. The summed E-state index contributed by atoms with van der Waals surface area (Å²) in [5, 5.41) is 0. The van der Waals surface area contributed by atoms with Gasteiger partial charge in [0.15, 0.2) is 0 Å². The molecule has 1 amide bonds.